The van der Waals surface area contributed by atoms with Gasteiger partial charge in [-0.05, 0) is 5.56 Å². The first-order valence-corrected chi connectivity index (χ1v) is 8.84. The van der Waals surface area contributed by atoms with E-state index in [0.29, 0.717) is 5.56 Å². The average Bonchev–Trinajstić information content (AvgIpc) is 2.34. The lowest BCUT2D eigenvalue weighted by Crippen LogP contribution is -2.31. The summed E-state index contributed by atoms with van der Waals surface area (Å²) in [6.45, 7) is 0. The van der Waals surface area contributed by atoms with Crippen LogP contribution >= 0.6 is 0 Å². The summed E-state index contributed by atoms with van der Waals surface area (Å²) >= 11 is 0. The second kappa shape index (κ2) is 8.57. The van der Waals surface area contributed by atoms with E-state index in [9.17, 15) is 26.4 Å². The third-order valence-electron chi connectivity index (χ3n) is 2.19. The molecular weight excluding hydrogens is 356 g/mol. The summed E-state index contributed by atoms with van der Waals surface area (Å²) < 4.78 is 57.8. The van der Waals surface area contributed by atoms with E-state index >= 15 is 0 Å². The van der Waals surface area contributed by atoms with E-state index in [1.807, 2.05) is 0 Å². The molecule has 0 bridgehead atoms. The van der Waals surface area contributed by atoms with Crippen LogP contribution in [0, 0.1) is 0 Å². The number of carbonyl (C=O) groups is 2. The molecule has 0 fully saturated rings. The van der Waals surface area contributed by atoms with E-state index in [1.165, 1.54) is 0 Å². The maximum Gasteiger partial charge on any atom is 0.325 e. The van der Waals surface area contributed by atoms with E-state index in [4.69, 9.17) is 19.3 Å². The number of carboxylic acid groups (broad SMARTS) is 2. The molecule has 130 valence electrons. The van der Waals surface area contributed by atoms with Gasteiger partial charge in [-0.3, -0.25) is 18.7 Å². The normalized spacial score (nSPS) is 12.6. The number of carboxylic acids is 2. The Hall–Kier alpha value is -2.02. The molecule has 0 aliphatic rings. The van der Waals surface area contributed by atoms with Crippen molar-refractivity contribution in [3.05, 3.63) is 35.9 Å². The van der Waals surface area contributed by atoms with Gasteiger partial charge in [0.15, 0.2) is 5.25 Å². The average molecular weight is 370 g/mol. The Kier molecular flexibility index (Phi) is 7.82. The van der Waals surface area contributed by atoms with E-state index in [0.717, 1.165) is 0 Å². The smallest absolute Gasteiger partial charge is 0.325 e. The predicted octanol–water partition coefficient (Wildman–Crippen LogP) is -0.123. The van der Waals surface area contributed by atoms with Gasteiger partial charge in [-0.25, -0.2) is 0 Å². The molecule has 4 N–H and O–H groups in total. The molecule has 23 heavy (non-hydrogen) atoms. The Labute approximate surface area is 131 Å². The van der Waals surface area contributed by atoms with Crippen LogP contribution in [-0.4, -0.2) is 53.3 Å². The van der Waals surface area contributed by atoms with Gasteiger partial charge >= 0.3 is 11.9 Å². The molecule has 0 spiro atoms. The van der Waals surface area contributed by atoms with Crippen molar-refractivity contribution >= 4 is 32.2 Å². The summed E-state index contributed by atoms with van der Waals surface area (Å²) in [6.07, 6.45) is -1.16. The molecule has 12 heteroatoms. The Morgan fingerprint density at radius 2 is 1.43 bits per heavy atom. The van der Waals surface area contributed by atoms with Gasteiger partial charge in [0.1, 0.15) is 5.75 Å². The van der Waals surface area contributed by atoms with Gasteiger partial charge in [0.05, 0.1) is 6.42 Å². The molecule has 1 aromatic carbocycles. The van der Waals surface area contributed by atoms with E-state index in [1.54, 1.807) is 30.3 Å². The van der Waals surface area contributed by atoms with Crippen LogP contribution in [0.5, 0.6) is 0 Å². The minimum Gasteiger partial charge on any atom is -0.481 e. The molecule has 0 radical (unpaired) electrons. The lowest BCUT2D eigenvalue weighted by atomic mass is 10.2. The van der Waals surface area contributed by atoms with Gasteiger partial charge in [-0.1, -0.05) is 30.3 Å². The molecule has 0 saturated heterocycles. The topological polar surface area (TPSA) is 183 Å². The van der Waals surface area contributed by atoms with Crippen LogP contribution < -0.4 is 0 Å². The van der Waals surface area contributed by atoms with Crippen LogP contribution in [-0.2, 0) is 35.6 Å². The monoisotopic (exact) mass is 370 g/mol. The zero-order chi connectivity index (χ0) is 18.3. The van der Waals surface area contributed by atoms with E-state index in [2.05, 4.69) is 0 Å². The fraction of sp³-hybridized carbons (Fsp3) is 0.273. The van der Waals surface area contributed by atoms with Gasteiger partial charge in [0.2, 0.25) is 0 Å². The largest absolute Gasteiger partial charge is 0.481 e. The minimum atomic E-state index is -4.84. The quantitative estimate of drug-likeness (QED) is 0.492. The summed E-state index contributed by atoms with van der Waals surface area (Å²) in [5.41, 5.74) is 0.593. The van der Waals surface area contributed by atoms with Gasteiger partial charge < -0.3 is 10.2 Å². The van der Waals surface area contributed by atoms with Crippen molar-refractivity contribution in [2.24, 2.45) is 0 Å². The SMILES string of the molecule is O=C(O)CC(C(=O)O)S(=O)(=O)O.O=S(=O)(O)Cc1ccccc1. The second-order valence-corrected chi connectivity index (χ2v) is 7.20. The molecule has 10 nitrogen and oxygen atoms in total. The number of hydrogen-bond acceptors (Lipinski definition) is 6. The molecule has 0 amide bonds. The fourth-order valence-corrected chi connectivity index (χ4v) is 2.49. The molecule has 1 unspecified atom stereocenters. The Bertz CT molecular complexity index is 736. The van der Waals surface area contributed by atoms with Crippen molar-refractivity contribution in [1.29, 1.82) is 0 Å². The predicted molar refractivity (Wildman–Crippen MR) is 76.9 cm³/mol. The van der Waals surface area contributed by atoms with Crippen molar-refractivity contribution in [2.45, 2.75) is 17.4 Å². The van der Waals surface area contributed by atoms with Crippen LogP contribution in [0.2, 0.25) is 0 Å². The molecule has 0 aromatic heterocycles. The van der Waals surface area contributed by atoms with Crippen LogP contribution in [0.25, 0.3) is 0 Å². The third-order valence-corrected chi connectivity index (χ3v) is 3.97. The van der Waals surface area contributed by atoms with E-state index < -0.39 is 43.8 Å². The number of hydrogen-bond donors (Lipinski definition) is 4. The van der Waals surface area contributed by atoms with Crippen molar-refractivity contribution in [3.63, 3.8) is 0 Å². The molecular formula is C11H14O10S2. The summed E-state index contributed by atoms with van der Waals surface area (Å²) in [6, 6.07) is 8.52. The zero-order valence-electron chi connectivity index (χ0n) is 11.4. The van der Waals surface area contributed by atoms with Crippen LogP contribution in [0.3, 0.4) is 0 Å². The first-order valence-electron chi connectivity index (χ1n) is 5.73. The van der Waals surface area contributed by atoms with Crippen molar-refractivity contribution < 1.29 is 45.7 Å². The summed E-state index contributed by atoms with van der Waals surface area (Å²) in [5, 5.41) is 13.9. The van der Waals surface area contributed by atoms with Crippen molar-refractivity contribution in [2.75, 3.05) is 0 Å². The zero-order valence-corrected chi connectivity index (χ0v) is 13.1. The number of aliphatic carboxylic acids is 2. The molecule has 0 aliphatic carbocycles. The molecule has 0 heterocycles. The highest BCUT2D eigenvalue weighted by Crippen LogP contribution is 2.04. The van der Waals surface area contributed by atoms with Gasteiger partial charge in [-0.15, -0.1) is 0 Å². The summed E-state index contributed by atoms with van der Waals surface area (Å²) in [7, 11) is -8.72. The first kappa shape index (κ1) is 21.0. The van der Waals surface area contributed by atoms with E-state index in [-0.39, 0.29) is 5.75 Å². The lowest BCUT2D eigenvalue weighted by Gasteiger charge is -2.04. The molecule has 1 rings (SSSR count). The van der Waals surface area contributed by atoms with Crippen LogP contribution in [0.15, 0.2) is 30.3 Å². The Morgan fingerprint density at radius 3 is 1.70 bits per heavy atom. The Morgan fingerprint density at radius 1 is 0.957 bits per heavy atom. The highest BCUT2D eigenvalue weighted by molar-refractivity contribution is 7.87. The molecule has 0 saturated carbocycles. The summed E-state index contributed by atoms with van der Waals surface area (Å²) in [4.78, 5) is 20.0. The maximum absolute atomic E-state index is 10.4. The van der Waals surface area contributed by atoms with Crippen LogP contribution in [0.4, 0.5) is 0 Å². The third kappa shape index (κ3) is 10.4. The first-order chi connectivity index (χ1) is 10.3. The fourth-order valence-electron chi connectivity index (χ4n) is 1.26. The minimum absolute atomic E-state index is 0.312. The standard InChI is InChI=1S/C7H8O3S.C4H6O7S/c8-11(9,10)6-7-4-2-1-3-5-7;5-3(6)1-2(4(7)8)12(9,10)11/h1-5H,6H2,(H,8,9,10);2H,1H2,(H,5,6)(H,7,8)(H,9,10,11). The molecule has 1 atom stereocenters. The lowest BCUT2D eigenvalue weighted by molar-refractivity contribution is -0.143. The maximum atomic E-state index is 10.4. The second-order valence-electron chi connectivity index (χ2n) is 4.15. The summed E-state index contributed by atoms with van der Waals surface area (Å²) in [5.74, 6) is -3.81. The van der Waals surface area contributed by atoms with Crippen LogP contribution in [0.1, 0.15) is 12.0 Å². The van der Waals surface area contributed by atoms with Crippen molar-refractivity contribution in [3.8, 4) is 0 Å². The highest BCUT2D eigenvalue weighted by Gasteiger charge is 2.33. The van der Waals surface area contributed by atoms with Crippen molar-refractivity contribution in [1.82, 2.24) is 0 Å². The van der Waals surface area contributed by atoms with Gasteiger partial charge in [-0.2, -0.15) is 16.8 Å². The highest BCUT2D eigenvalue weighted by atomic mass is 32.2. The van der Waals surface area contributed by atoms with Gasteiger partial charge in [0.25, 0.3) is 20.2 Å². The number of benzene rings is 1. The molecule has 1 aromatic rings. The number of rotatable bonds is 6. The Balaban J connectivity index is 0.000000422. The molecule has 0 aliphatic heterocycles. The van der Waals surface area contributed by atoms with Gasteiger partial charge in [0, 0.05) is 0 Å².